The summed E-state index contributed by atoms with van der Waals surface area (Å²) in [6.07, 6.45) is 4.86. The third-order valence-electron chi connectivity index (χ3n) is 5.22. The molecular formula is C25H33FN4O. The van der Waals surface area contributed by atoms with Gasteiger partial charge in [-0.2, -0.15) is 0 Å². The molecule has 1 heterocycles. The normalized spacial score (nSPS) is 16.5. The van der Waals surface area contributed by atoms with Crippen molar-refractivity contribution in [2.45, 2.75) is 46.2 Å². The lowest BCUT2D eigenvalue weighted by molar-refractivity contribution is -0.126. The number of nitrogens with one attached hydrogen (secondary N) is 1. The van der Waals surface area contributed by atoms with E-state index in [2.05, 4.69) is 33.6 Å². The minimum absolute atomic E-state index is 0.144. The van der Waals surface area contributed by atoms with E-state index in [1.807, 2.05) is 44.2 Å². The third-order valence-corrected chi connectivity index (χ3v) is 5.22. The maximum absolute atomic E-state index is 14.8. The predicted molar refractivity (Wildman–Crippen MR) is 126 cm³/mol. The monoisotopic (exact) mass is 424 g/mol. The van der Waals surface area contributed by atoms with Gasteiger partial charge in [-0.1, -0.05) is 44.1 Å². The van der Waals surface area contributed by atoms with Crippen molar-refractivity contribution in [2.75, 3.05) is 31.5 Å². The molecule has 0 aliphatic carbocycles. The first-order valence-corrected chi connectivity index (χ1v) is 10.7. The third kappa shape index (κ3) is 6.71. The summed E-state index contributed by atoms with van der Waals surface area (Å²) in [5.41, 5.74) is 0.809. The number of amidine groups is 1. The molecule has 0 aromatic heterocycles. The average Bonchev–Trinajstić information content (AvgIpc) is 2.75. The van der Waals surface area contributed by atoms with Crippen LogP contribution in [-0.4, -0.2) is 47.7 Å². The van der Waals surface area contributed by atoms with E-state index in [4.69, 9.17) is 0 Å². The maximum atomic E-state index is 14.8. The number of carbonyl (C=O) groups excluding carboxylic acids is 1. The van der Waals surface area contributed by atoms with Crippen molar-refractivity contribution in [3.05, 3.63) is 54.4 Å². The zero-order valence-corrected chi connectivity index (χ0v) is 19.0. The van der Waals surface area contributed by atoms with Gasteiger partial charge in [-0.25, -0.2) is 9.38 Å². The molecule has 1 aromatic rings. The fraction of sp³-hybridized carbons (Fsp3) is 0.440. The number of carbonyl (C=O) groups is 1. The summed E-state index contributed by atoms with van der Waals surface area (Å²) in [6.45, 7) is 13.8. The lowest BCUT2D eigenvalue weighted by Gasteiger charge is -2.36. The first-order chi connectivity index (χ1) is 14.8. The number of alkyl halides is 1. The molecule has 1 N–H and O–H groups in total. The van der Waals surface area contributed by atoms with Gasteiger partial charge in [-0.15, -0.1) is 0 Å². The second-order valence-corrected chi connectivity index (χ2v) is 7.72. The molecular weight excluding hydrogens is 391 g/mol. The second-order valence-electron chi connectivity index (χ2n) is 7.72. The SMILES string of the molecule is C=C(Nc1ccc(C(C)(F)CCC)cc1)C(=N/C=C\C)N1CCN(C(=O)C#CC)CC1. The van der Waals surface area contributed by atoms with Gasteiger partial charge >= 0.3 is 0 Å². The van der Waals surface area contributed by atoms with E-state index in [-0.39, 0.29) is 5.91 Å². The summed E-state index contributed by atoms with van der Waals surface area (Å²) in [4.78, 5) is 20.4. The zero-order chi connectivity index (χ0) is 22.9. The molecule has 1 aliphatic heterocycles. The van der Waals surface area contributed by atoms with Gasteiger partial charge < -0.3 is 15.1 Å². The van der Waals surface area contributed by atoms with Crippen molar-refractivity contribution in [1.29, 1.82) is 0 Å². The molecule has 5 nitrogen and oxygen atoms in total. The van der Waals surface area contributed by atoms with Crippen LogP contribution in [0, 0.1) is 11.8 Å². The van der Waals surface area contributed by atoms with Crippen LogP contribution in [0.5, 0.6) is 0 Å². The zero-order valence-electron chi connectivity index (χ0n) is 19.0. The van der Waals surface area contributed by atoms with Gasteiger partial charge in [-0.3, -0.25) is 4.79 Å². The van der Waals surface area contributed by atoms with Crippen LogP contribution in [0.3, 0.4) is 0 Å². The van der Waals surface area contributed by atoms with E-state index in [1.165, 1.54) is 0 Å². The summed E-state index contributed by atoms with van der Waals surface area (Å²) in [6, 6.07) is 7.35. The van der Waals surface area contributed by atoms with E-state index in [0.29, 0.717) is 43.9 Å². The van der Waals surface area contributed by atoms with Crippen LogP contribution in [0.15, 0.2) is 53.8 Å². The Hall–Kier alpha value is -3.07. The van der Waals surface area contributed by atoms with Crippen LogP contribution in [0.2, 0.25) is 0 Å². The standard InChI is InChI=1S/C25H33FN4O/c1-6-9-23(31)29-16-18-30(19-17-29)24(27-15-8-3)20(4)28-22-12-10-21(11-13-22)25(5,26)14-7-2/h8,10-13,15,28H,4,7,14,16-19H2,1-3,5H3/b15-8-,27-24?. The minimum Gasteiger partial charge on any atom is -0.353 e. The van der Waals surface area contributed by atoms with Crippen LogP contribution in [0.1, 0.15) is 46.1 Å². The Morgan fingerprint density at radius 2 is 1.87 bits per heavy atom. The van der Waals surface area contributed by atoms with Gasteiger partial charge in [0.25, 0.3) is 5.91 Å². The van der Waals surface area contributed by atoms with Crippen LogP contribution < -0.4 is 5.32 Å². The van der Waals surface area contributed by atoms with Gasteiger partial charge in [0, 0.05) is 38.1 Å². The van der Waals surface area contributed by atoms with Crippen LogP contribution >= 0.6 is 0 Å². The largest absolute Gasteiger partial charge is 0.353 e. The highest BCUT2D eigenvalue weighted by atomic mass is 19.1. The molecule has 0 bridgehead atoms. The fourth-order valence-electron chi connectivity index (χ4n) is 3.55. The van der Waals surface area contributed by atoms with Crippen LogP contribution in [0.4, 0.5) is 10.1 Å². The number of anilines is 1. The van der Waals surface area contributed by atoms with Gasteiger partial charge in [-0.05, 0) is 50.8 Å². The first-order valence-electron chi connectivity index (χ1n) is 10.7. The van der Waals surface area contributed by atoms with E-state index in [1.54, 1.807) is 24.9 Å². The second kappa shape index (κ2) is 11.4. The number of nitrogens with zero attached hydrogens (tertiary/aromatic N) is 3. The van der Waals surface area contributed by atoms with E-state index in [0.717, 1.165) is 17.9 Å². The molecule has 6 heteroatoms. The number of hydrogen-bond donors (Lipinski definition) is 1. The first kappa shape index (κ1) is 24.2. The quantitative estimate of drug-likeness (QED) is 0.392. The molecule has 166 valence electrons. The molecule has 1 saturated heterocycles. The molecule has 2 rings (SSSR count). The Balaban J connectivity index is 2.09. The topological polar surface area (TPSA) is 47.9 Å². The maximum Gasteiger partial charge on any atom is 0.298 e. The molecule has 0 spiro atoms. The molecule has 31 heavy (non-hydrogen) atoms. The molecule has 1 unspecified atom stereocenters. The number of aliphatic imine (C=N–C) groups is 1. The lowest BCUT2D eigenvalue weighted by Crippen LogP contribution is -2.51. The Morgan fingerprint density at radius 3 is 2.42 bits per heavy atom. The van der Waals surface area contributed by atoms with E-state index < -0.39 is 5.67 Å². The number of halogens is 1. The molecule has 1 fully saturated rings. The average molecular weight is 425 g/mol. The van der Waals surface area contributed by atoms with Crippen molar-refractivity contribution >= 4 is 17.4 Å². The summed E-state index contributed by atoms with van der Waals surface area (Å²) in [5.74, 6) is 5.82. The van der Waals surface area contributed by atoms with Crippen molar-refractivity contribution in [3.8, 4) is 11.8 Å². The van der Waals surface area contributed by atoms with Crippen molar-refractivity contribution in [3.63, 3.8) is 0 Å². The Morgan fingerprint density at radius 1 is 1.26 bits per heavy atom. The molecule has 1 atom stereocenters. The number of hydrogen-bond acceptors (Lipinski definition) is 3. The summed E-state index contributed by atoms with van der Waals surface area (Å²) in [5, 5.41) is 3.29. The number of amides is 1. The Kier molecular flexibility index (Phi) is 8.87. The number of allylic oxidation sites excluding steroid dienone is 1. The van der Waals surface area contributed by atoms with Crippen molar-refractivity contribution < 1.29 is 9.18 Å². The minimum atomic E-state index is -1.33. The van der Waals surface area contributed by atoms with Gasteiger partial charge in [0.1, 0.15) is 5.67 Å². The highest BCUT2D eigenvalue weighted by molar-refractivity contribution is 6.01. The molecule has 1 aliphatic rings. The van der Waals surface area contributed by atoms with Gasteiger partial charge in [0.15, 0.2) is 5.84 Å². The Bertz CT molecular complexity index is 882. The smallest absolute Gasteiger partial charge is 0.298 e. The summed E-state index contributed by atoms with van der Waals surface area (Å²) >= 11 is 0. The van der Waals surface area contributed by atoms with Crippen LogP contribution in [-0.2, 0) is 10.5 Å². The lowest BCUT2D eigenvalue weighted by atomic mass is 9.93. The van der Waals surface area contributed by atoms with E-state index in [9.17, 15) is 9.18 Å². The van der Waals surface area contributed by atoms with Crippen molar-refractivity contribution in [2.24, 2.45) is 4.99 Å². The summed E-state index contributed by atoms with van der Waals surface area (Å²) in [7, 11) is 0. The van der Waals surface area contributed by atoms with E-state index >= 15 is 0 Å². The predicted octanol–water partition coefficient (Wildman–Crippen LogP) is 4.70. The highest BCUT2D eigenvalue weighted by Crippen LogP contribution is 2.31. The molecule has 1 amide bonds. The summed E-state index contributed by atoms with van der Waals surface area (Å²) < 4.78 is 14.8. The highest BCUT2D eigenvalue weighted by Gasteiger charge is 2.25. The Labute approximate surface area is 185 Å². The van der Waals surface area contributed by atoms with Crippen molar-refractivity contribution in [1.82, 2.24) is 9.80 Å². The number of piperazine rings is 1. The number of rotatable bonds is 7. The molecule has 0 radical (unpaired) electrons. The number of benzene rings is 1. The van der Waals surface area contributed by atoms with Gasteiger partial charge in [0.05, 0.1) is 5.70 Å². The van der Waals surface area contributed by atoms with Crippen LogP contribution in [0.25, 0.3) is 0 Å². The van der Waals surface area contributed by atoms with Gasteiger partial charge in [0.2, 0.25) is 0 Å². The molecule has 1 aromatic carbocycles. The fourth-order valence-corrected chi connectivity index (χ4v) is 3.55. The molecule has 0 saturated carbocycles.